The summed E-state index contributed by atoms with van der Waals surface area (Å²) in [5, 5.41) is 10.5. The lowest BCUT2D eigenvalue weighted by Gasteiger charge is -2.23. The van der Waals surface area contributed by atoms with Crippen molar-refractivity contribution < 1.29 is 14.6 Å². The number of esters is 1. The highest BCUT2D eigenvalue weighted by molar-refractivity contribution is 6.25. The molecule has 180 valence electrons. The average molecular weight is 484 g/mol. The van der Waals surface area contributed by atoms with Crippen LogP contribution in [0.5, 0.6) is 0 Å². The van der Waals surface area contributed by atoms with E-state index in [-0.39, 0.29) is 34.7 Å². The molecule has 1 fully saturated rings. The second-order valence-corrected chi connectivity index (χ2v) is 10.4. The number of hydrogen-bond acceptors (Lipinski definition) is 3. The first-order valence-corrected chi connectivity index (χ1v) is 13.1. The van der Waals surface area contributed by atoms with E-state index in [1.54, 1.807) is 0 Å². The predicted molar refractivity (Wildman–Crippen MR) is 135 cm³/mol. The van der Waals surface area contributed by atoms with Crippen molar-refractivity contribution in [1.82, 2.24) is 0 Å². The maximum absolute atomic E-state index is 11.6. The van der Waals surface area contributed by atoms with Crippen molar-refractivity contribution in [3.63, 3.8) is 0 Å². The number of carbonyl (C=O) groups excluding carboxylic acids is 1. The maximum atomic E-state index is 11.6. The van der Waals surface area contributed by atoms with Gasteiger partial charge in [0.25, 0.3) is 0 Å². The smallest absolute Gasteiger partial charge is 0.306 e. The van der Waals surface area contributed by atoms with Crippen molar-refractivity contribution in [2.45, 2.75) is 107 Å². The molecule has 5 atom stereocenters. The topological polar surface area (TPSA) is 46.5 Å². The summed E-state index contributed by atoms with van der Waals surface area (Å²) in [5.74, 6) is 0.353. The van der Waals surface area contributed by atoms with Crippen LogP contribution in [0.4, 0.5) is 0 Å². The van der Waals surface area contributed by atoms with Gasteiger partial charge in [0.15, 0.2) is 0 Å². The number of rotatable bonds is 13. The molecule has 3 nitrogen and oxygen atoms in total. The largest absolute Gasteiger partial charge is 0.463 e. The Balaban J connectivity index is 1.89. The van der Waals surface area contributed by atoms with Crippen LogP contribution in [0.2, 0.25) is 0 Å². The summed E-state index contributed by atoms with van der Waals surface area (Å²) in [4.78, 5) is 11.6. The maximum Gasteiger partial charge on any atom is 0.306 e. The average Bonchev–Trinajstić information content (AvgIpc) is 3.03. The molecule has 1 saturated carbocycles. The number of halogens is 2. The molecule has 0 radical (unpaired) electrons. The first-order valence-electron chi connectivity index (χ1n) is 12.2. The first kappa shape index (κ1) is 27.2. The van der Waals surface area contributed by atoms with Crippen LogP contribution in [-0.2, 0) is 9.53 Å². The zero-order valence-electron chi connectivity index (χ0n) is 19.8. The lowest BCUT2D eigenvalue weighted by Crippen LogP contribution is -2.16. The van der Waals surface area contributed by atoms with Crippen LogP contribution in [0, 0.1) is 5.92 Å². The molecule has 0 amide bonds. The molecule has 0 aliphatic heterocycles. The van der Waals surface area contributed by atoms with Gasteiger partial charge in [-0.25, -0.2) is 0 Å². The second-order valence-electron chi connectivity index (χ2n) is 9.27. The van der Waals surface area contributed by atoms with Crippen molar-refractivity contribution in [3.05, 3.63) is 47.5 Å². The predicted octanol–water partition coefficient (Wildman–Crippen LogP) is 7.69. The summed E-state index contributed by atoms with van der Waals surface area (Å²) in [5.41, 5.74) is 2.18. The minimum atomic E-state index is -0.400. The molecule has 0 aromatic heterocycles. The fraction of sp³-hybridized carbons (Fsp3) is 0.667. The first-order chi connectivity index (χ1) is 15.3. The molecule has 32 heavy (non-hydrogen) atoms. The van der Waals surface area contributed by atoms with Crippen molar-refractivity contribution >= 4 is 29.2 Å². The summed E-state index contributed by atoms with van der Waals surface area (Å²) >= 11 is 13.4. The van der Waals surface area contributed by atoms with E-state index in [1.807, 2.05) is 26.0 Å². The molecule has 0 spiro atoms. The van der Waals surface area contributed by atoms with Crippen LogP contribution in [0.25, 0.3) is 0 Å². The van der Waals surface area contributed by atoms with Gasteiger partial charge in [-0.05, 0) is 63.0 Å². The van der Waals surface area contributed by atoms with Gasteiger partial charge in [0.05, 0.1) is 12.2 Å². The molecular weight excluding hydrogens is 443 g/mol. The van der Waals surface area contributed by atoms with Crippen LogP contribution >= 0.6 is 23.2 Å². The molecule has 0 heterocycles. The molecule has 5 heteroatoms. The lowest BCUT2D eigenvalue weighted by molar-refractivity contribution is -0.147. The number of alkyl halides is 2. The van der Waals surface area contributed by atoms with Gasteiger partial charge in [0, 0.05) is 23.1 Å². The van der Waals surface area contributed by atoms with Crippen molar-refractivity contribution in [3.8, 4) is 0 Å². The highest BCUT2D eigenvalue weighted by atomic mass is 35.5. The Morgan fingerprint density at radius 2 is 1.84 bits per heavy atom. The van der Waals surface area contributed by atoms with E-state index in [0.29, 0.717) is 6.42 Å². The van der Waals surface area contributed by atoms with Gasteiger partial charge in [0.2, 0.25) is 0 Å². The monoisotopic (exact) mass is 482 g/mol. The molecule has 0 saturated heterocycles. The molecule has 1 aliphatic rings. The third kappa shape index (κ3) is 8.72. The van der Waals surface area contributed by atoms with E-state index in [1.165, 1.54) is 5.56 Å². The minimum absolute atomic E-state index is 0.0158. The van der Waals surface area contributed by atoms with E-state index in [0.717, 1.165) is 56.9 Å². The van der Waals surface area contributed by atoms with E-state index < -0.39 is 6.10 Å². The van der Waals surface area contributed by atoms with Gasteiger partial charge < -0.3 is 9.84 Å². The quantitative estimate of drug-likeness (QED) is 0.135. The van der Waals surface area contributed by atoms with Crippen molar-refractivity contribution in [1.29, 1.82) is 0 Å². The van der Waals surface area contributed by atoms with Gasteiger partial charge in [0.1, 0.15) is 0 Å². The van der Waals surface area contributed by atoms with Crippen LogP contribution < -0.4 is 0 Å². The Morgan fingerprint density at radius 3 is 2.50 bits per heavy atom. The van der Waals surface area contributed by atoms with Crippen LogP contribution in [0.1, 0.15) is 102 Å². The number of benzene rings is 1. The Kier molecular flexibility index (Phi) is 12.1. The molecule has 2 rings (SSSR count). The summed E-state index contributed by atoms with van der Waals surface area (Å²) in [6.07, 6.45) is 11.8. The zero-order valence-corrected chi connectivity index (χ0v) is 21.3. The summed E-state index contributed by atoms with van der Waals surface area (Å²) in [7, 11) is 0. The Bertz CT molecular complexity index is 701. The third-order valence-corrected chi connectivity index (χ3v) is 7.20. The number of hydrogen-bond donors (Lipinski definition) is 1. The minimum Gasteiger partial charge on any atom is -0.463 e. The summed E-state index contributed by atoms with van der Waals surface area (Å²) in [6, 6.07) is 8.31. The summed E-state index contributed by atoms with van der Waals surface area (Å²) < 4.78 is 5.16. The highest BCUT2D eigenvalue weighted by Crippen LogP contribution is 2.47. The zero-order chi connectivity index (χ0) is 23.5. The van der Waals surface area contributed by atoms with E-state index in [2.05, 4.69) is 31.2 Å². The van der Waals surface area contributed by atoms with Gasteiger partial charge in [-0.3, -0.25) is 4.79 Å². The lowest BCUT2D eigenvalue weighted by atomic mass is 9.85. The fourth-order valence-corrected chi connectivity index (χ4v) is 5.60. The van der Waals surface area contributed by atoms with Crippen molar-refractivity contribution in [2.75, 3.05) is 0 Å². The number of unbranched alkanes of at least 4 members (excludes halogenated alkanes) is 3. The Hall–Kier alpha value is -1.03. The van der Waals surface area contributed by atoms with Crippen LogP contribution in [0.15, 0.2) is 36.4 Å². The molecule has 1 N–H and O–H groups in total. The van der Waals surface area contributed by atoms with E-state index in [4.69, 9.17) is 27.9 Å². The standard InChI is InChI=1S/C27H40Cl2O3/c1-4-5-8-12-25(30)20-14-16-21(17-15-20)27-22(23(28)18-24(27)29)11-9-6-7-10-13-26(31)32-19(2)3/h6,9,14-17,19,22-25,27,30H,4-5,7-8,10-13,18H2,1-3H3/b9-6-/t22-,23+,24-,25?,27+/m0/s1. The molecular formula is C27H40Cl2O3. The van der Waals surface area contributed by atoms with Gasteiger partial charge in [-0.2, -0.15) is 0 Å². The van der Waals surface area contributed by atoms with Gasteiger partial charge >= 0.3 is 5.97 Å². The number of carbonyl (C=O) groups is 1. The van der Waals surface area contributed by atoms with Gasteiger partial charge in [-0.1, -0.05) is 62.6 Å². The molecule has 0 bridgehead atoms. The number of ether oxygens (including phenoxy) is 1. The number of aliphatic hydroxyl groups excluding tert-OH is 1. The van der Waals surface area contributed by atoms with Crippen LogP contribution in [0.3, 0.4) is 0 Å². The highest BCUT2D eigenvalue weighted by Gasteiger charge is 2.41. The molecule has 1 aromatic carbocycles. The number of allylic oxidation sites excluding steroid dienone is 2. The Labute approximate surface area is 204 Å². The Morgan fingerprint density at radius 1 is 1.12 bits per heavy atom. The second kappa shape index (κ2) is 14.3. The fourth-order valence-electron chi connectivity index (χ4n) is 4.53. The molecule has 1 aromatic rings. The van der Waals surface area contributed by atoms with Crippen LogP contribution in [-0.4, -0.2) is 27.9 Å². The molecule has 1 aliphatic carbocycles. The third-order valence-electron chi connectivity index (χ3n) is 6.25. The SMILES string of the molecule is CCCCCC(O)c1ccc([C@@H]2[C@@H](C/C=C\CCCC(=O)OC(C)C)[C@H](Cl)C[C@@H]2Cl)cc1. The van der Waals surface area contributed by atoms with E-state index >= 15 is 0 Å². The summed E-state index contributed by atoms with van der Waals surface area (Å²) in [6.45, 7) is 5.91. The van der Waals surface area contributed by atoms with E-state index in [9.17, 15) is 9.90 Å². The van der Waals surface area contributed by atoms with Crippen molar-refractivity contribution in [2.24, 2.45) is 5.92 Å². The molecule has 1 unspecified atom stereocenters. The normalized spacial score (nSPS) is 24.3. The van der Waals surface area contributed by atoms with Gasteiger partial charge in [-0.15, -0.1) is 23.2 Å². The number of aliphatic hydroxyl groups is 1.